The summed E-state index contributed by atoms with van der Waals surface area (Å²) in [5, 5.41) is 4.79. The molecule has 178 valence electrons. The van der Waals surface area contributed by atoms with E-state index in [-0.39, 0.29) is 0 Å². The molecule has 0 bridgehead atoms. The van der Waals surface area contributed by atoms with E-state index in [4.69, 9.17) is 10.1 Å². The SMILES string of the molecule is CC1CCCCCC(c2cnc3ccn(N=Cc4ccccc(C(C)C)cccc4)c3c2)CC1. The molecule has 2 aromatic heterocycles. The summed E-state index contributed by atoms with van der Waals surface area (Å²) in [6, 6.07) is 21.3. The zero-order chi connectivity index (χ0) is 23.8. The molecule has 0 saturated heterocycles. The second kappa shape index (κ2) is 12.0. The number of fused-ring (bicyclic) bond motifs is 1. The van der Waals surface area contributed by atoms with Crippen LogP contribution in [0.4, 0.5) is 0 Å². The van der Waals surface area contributed by atoms with Gasteiger partial charge in [-0.15, -0.1) is 0 Å². The zero-order valence-corrected chi connectivity index (χ0v) is 21.0. The summed E-state index contributed by atoms with van der Waals surface area (Å²) in [6.45, 7) is 6.85. The van der Waals surface area contributed by atoms with Gasteiger partial charge in [0.25, 0.3) is 0 Å². The van der Waals surface area contributed by atoms with Crippen molar-refractivity contribution in [1.82, 2.24) is 9.66 Å². The van der Waals surface area contributed by atoms with Crippen LogP contribution in [-0.2, 0) is 0 Å². The van der Waals surface area contributed by atoms with Crippen LogP contribution in [0, 0.1) is 5.92 Å². The number of pyridine rings is 1. The third-order valence-electron chi connectivity index (χ3n) is 7.14. The van der Waals surface area contributed by atoms with Crippen molar-refractivity contribution < 1.29 is 0 Å². The van der Waals surface area contributed by atoms with Crippen LogP contribution >= 0.6 is 0 Å². The van der Waals surface area contributed by atoms with Gasteiger partial charge in [0.15, 0.2) is 0 Å². The van der Waals surface area contributed by atoms with Crippen LogP contribution in [0.3, 0.4) is 0 Å². The fraction of sp³-hybridized carbons (Fsp3) is 0.419. The molecule has 2 unspecified atom stereocenters. The molecule has 0 aliphatic heterocycles. The Morgan fingerprint density at radius 2 is 1.65 bits per heavy atom. The summed E-state index contributed by atoms with van der Waals surface area (Å²) in [5.74, 6) is 1.95. The Kier molecular flexibility index (Phi) is 8.51. The maximum absolute atomic E-state index is 4.79. The van der Waals surface area contributed by atoms with Gasteiger partial charge in [0.1, 0.15) is 0 Å². The minimum atomic E-state index is 0.509. The first kappa shape index (κ1) is 24.2. The number of hydrogen-bond acceptors (Lipinski definition) is 2. The number of hydrogen-bond donors (Lipinski definition) is 0. The molecule has 3 nitrogen and oxygen atoms in total. The highest BCUT2D eigenvalue weighted by molar-refractivity contribution is 5.81. The maximum Gasteiger partial charge on any atom is 0.0905 e. The zero-order valence-electron chi connectivity index (χ0n) is 21.0. The van der Waals surface area contributed by atoms with Crippen molar-refractivity contribution in [3.63, 3.8) is 0 Å². The molecule has 2 heterocycles. The van der Waals surface area contributed by atoms with Crippen molar-refractivity contribution >= 4 is 17.2 Å². The van der Waals surface area contributed by atoms with Gasteiger partial charge in [0.05, 0.1) is 17.2 Å². The quantitative estimate of drug-likeness (QED) is 0.364. The van der Waals surface area contributed by atoms with E-state index < -0.39 is 0 Å². The third-order valence-corrected chi connectivity index (χ3v) is 7.14. The molecule has 1 saturated carbocycles. The van der Waals surface area contributed by atoms with Gasteiger partial charge in [-0.05, 0) is 59.4 Å². The summed E-state index contributed by atoms with van der Waals surface area (Å²) >= 11 is 0. The van der Waals surface area contributed by atoms with Gasteiger partial charge < -0.3 is 0 Å². The molecule has 1 aromatic carbocycles. The van der Waals surface area contributed by atoms with E-state index >= 15 is 0 Å². The Bertz CT molecular complexity index is 1130. The molecule has 0 radical (unpaired) electrons. The fourth-order valence-corrected chi connectivity index (χ4v) is 4.88. The lowest BCUT2D eigenvalue weighted by Gasteiger charge is -2.17. The Morgan fingerprint density at radius 3 is 2.41 bits per heavy atom. The molecular weight excluding hydrogens is 414 g/mol. The predicted octanol–water partition coefficient (Wildman–Crippen LogP) is 8.63. The molecule has 0 amide bonds. The predicted molar refractivity (Wildman–Crippen MR) is 145 cm³/mol. The maximum atomic E-state index is 4.79. The highest BCUT2D eigenvalue weighted by Crippen LogP contribution is 2.33. The van der Waals surface area contributed by atoms with Crippen molar-refractivity contribution in [1.29, 1.82) is 0 Å². The first-order valence-electron chi connectivity index (χ1n) is 13.0. The molecule has 1 fully saturated rings. The Balaban J connectivity index is 1.58. The smallest absolute Gasteiger partial charge is 0.0905 e. The van der Waals surface area contributed by atoms with Crippen LogP contribution in [0.15, 0.2) is 78.2 Å². The highest BCUT2D eigenvalue weighted by atomic mass is 15.3. The lowest BCUT2D eigenvalue weighted by molar-refractivity contribution is 0.448. The summed E-state index contributed by atoms with van der Waals surface area (Å²) in [6.07, 6.45) is 15.3. The Morgan fingerprint density at radius 1 is 0.912 bits per heavy atom. The monoisotopic (exact) mass is 453 g/mol. The molecule has 3 aromatic rings. The van der Waals surface area contributed by atoms with Crippen molar-refractivity contribution in [2.75, 3.05) is 0 Å². The van der Waals surface area contributed by atoms with Gasteiger partial charge >= 0.3 is 0 Å². The lowest BCUT2D eigenvalue weighted by atomic mass is 9.88. The number of nitrogens with zero attached hydrogens (tertiary/aromatic N) is 3. The largest absolute Gasteiger partial charge is 0.254 e. The van der Waals surface area contributed by atoms with Crippen LogP contribution in [0.1, 0.15) is 94.2 Å². The Labute approximate surface area is 205 Å². The summed E-state index contributed by atoms with van der Waals surface area (Å²) in [5.41, 5.74) is 5.84. The van der Waals surface area contributed by atoms with Gasteiger partial charge in [-0.1, -0.05) is 101 Å². The van der Waals surface area contributed by atoms with Crippen LogP contribution in [0.5, 0.6) is 0 Å². The lowest BCUT2D eigenvalue weighted by Crippen LogP contribution is -2.02. The first-order chi connectivity index (χ1) is 16.6. The van der Waals surface area contributed by atoms with Crippen LogP contribution in [0.25, 0.3) is 11.0 Å². The van der Waals surface area contributed by atoms with Crippen molar-refractivity contribution in [2.45, 2.75) is 77.6 Å². The summed E-state index contributed by atoms with van der Waals surface area (Å²) in [7, 11) is 0. The van der Waals surface area contributed by atoms with E-state index in [1.807, 2.05) is 17.1 Å². The third kappa shape index (κ3) is 6.56. The van der Waals surface area contributed by atoms with Crippen molar-refractivity contribution in [3.8, 4) is 0 Å². The van der Waals surface area contributed by atoms with E-state index in [1.54, 1.807) is 0 Å². The number of rotatable bonds is 4. The van der Waals surface area contributed by atoms with E-state index in [0.717, 1.165) is 22.5 Å². The molecular formula is C31H39N3. The normalized spacial score (nSPS) is 19.5. The van der Waals surface area contributed by atoms with Crippen LogP contribution < -0.4 is 0 Å². The van der Waals surface area contributed by atoms with Gasteiger partial charge in [0.2, 0.25) is 0 Å². The standard InChI is InChI=1S/C31H39N3/c1-24(2)27-14-9-7-12-26(13-8-10-15-27)22-33-34-20-19-30-31(34)21-29(23-32-30)28-16-6-4-5-11-25(3)17-18-28/h7-10,12-15,19-25,28H,4-6,11,16-18H2,1-3H3. The van der Waals surface area contributed by atoms with Gasteiger partial charge in [-0.2, -0.15) is 5.10 Å². The van der Waals surface area contributed by atoms with Crippen molar-refractivity contribution in [3.05, 3.63) is 89.7 Å². The molecule has 1 aliphatic rings. The van der Waals surface area contributed by atoms with E-state index in [2.05, 4.69) is 87.6 Å². The second-order valence-corrected chi connectivity index (χ2v) is 10.2. The van der Waals surface area contributed by atoms with E-state index in [0.29, 0.717) is 11.8 Å². The minimum Gasteiger partial charge on any atom is -0.254 e. The molecule has 2 atom stereocenters. The van der Waals surface area contributed by atoms with Gasteiger partial charge in [-0.3, -0.25) is 4.98 Å². The minimum absolute atomic E-state index is 0.509. The molecule has 3 heteroatoms. The van der Waals surface area contributed by atoms with E-state index in [1.165, 1.54) is 56.1 Å². The highest BCUT2D eigenvalue weighted by Gasteiger charge is 2.17. The van der Waals surface area contributed by atoms with Gasteiger partial charge in [-0.25, -0.2) is 4.68 Å². The Hall–Kier alpha value is -2.94. The molecule has 1 aliphatic carbocycles. The number of aromatic nitrogens is 2. The molecule has 0 N–H and O–H groups in total. The average molecular weight is 454 g/mol. The molecule has 0 spiro atoms. The molecule has 4 rings (SSSR count). The summed E-state index contributed by atoms with van der Waals surface area (Å²) in [4.78, 5) is 4.79. The fourth-order valence-electron chi connectivity index (χ4n) is 4.88. The molecule has 34 heavy (non-hydrogen) atoms. The summed E-state index contributed by atoms with van der Waals surface area (Å²) < 4.78 is 1.97. The van der Waals surface area contributed by atoms with E-state index in [9.17, 15) is 0 Å². The van der Waals surface area contributed by atoms with Crippen LogP contribution in [0.2, 0.25) is 0 Å². The van der Waals surface area contributed by atoms with Gasteiger partial charge in [0, 0.05) is 12.4 Å². The van der Waals surface area contributed by atoms with Crippen LogP contribution in [-0.4, -0.2) is 15.9 Å². The first-order valence-corrected chi connectivity index (χ1v) is 13.0. The van der Waals surface area contributed by atoms with Crippen molar-refractivity contribution in [2.24, 2.45) is 11.0 Å². The average Bonchev–Trinajstić information content (AvgIpc) is 3.28. The topological polar surface area (TPSA) is 30.2 Å². The second-order valence-electron chi connectivity index (χ2n) is 10.2.